The van der Waals surface area contributed by atoms with Gasteiger partial charge < -0.3 is 10.6 Å². The summed E-state index contributed by atoms with van der Waals surface area (Å²) < 4.78 is 0. The summed E-state index contributed by atoms with van der Waals surface area (Å²) in [6.45, 7) is 5.21. The fourth-order valence-electron chi connectivity index (χ4n) is 4.22. The second-order valence-corrected chi connectivity index (χ2v) is 9.32. The Bertz CT molecular complexity index is 1060. The van der Waals surface area contributed by atoms with Crippen molar-refractivity contribution in [3.63, 3.8) is 0 Å². The van der Waals surface area contributed by atoms with Crippen LogP contribution in [0.2, 0.25) is 10.0 Å². The molecule has 1 aliphatic rings. The molecule has 33 heavy (non-hydrogen) atoms. The Kier molecular flexibility index (Phi) is 7.86. The van der Waals surface area contributed by atoms with E-state index < -0.39 is 0 Å². The largest absolute Gasteiger partial charge is 0.384 e. The molecule has 1 aromatic heterocycles. The molecule has 1 fully saturated rings. The van der Waals surface area contributed by atoms with Gasteiger partial charge in [-0.1, -0.05) is 47.5 Å². The average Bonchev–Trinajstić information content (AvgIpc) is 2.85. The van der Waals surface area contributed by atoms with E-state index >= 15 is 0 Å². The normalized spacial score (nSPS) is 15.7. The van der Waals surface area contributed by atoms with Gasteiger partial charge in [-0.3, -0.25) is 9.69 Å². The lowest BCUT2D eigenvalue weighted by molar-refractivity contribution is 0.102. The van der Waals surface area contributed by atoms with E-state index in [0.717, 1.165) is 43.2 Å². The van der Waals surface area contributed by atoms with Gasteiger partial charge in [0.2, 0.25) is 0 Å². The van der Waals surface area contributed by atoms with Gasteiger partial charge in [0.05, 0.1) is 10.6 Å². The topological polar surface area (TPSA) is 57.3 Å². The molecule has 5 nitrogen and oxygen atoms in total. The van der Waals surface area contributed by atoms with Gasteiger partial charge in [-0.25, -0.2) is 4.98 Å². The maximum absolute atomic E-state index is 12.8. The van der Waals surface area contributed by atoms with Gasteiger partial charge in [-0.05, 0) is 80.7 Å². The van der Waals surface area contributed by atoms with E-state index in [4.69, 9.17) is 23.2 Å². The number of nitrogens with zero attached hydrogens (tertiary/aromatic N) is 2. The Labute approximate surface area is 205 Å². The summed E-state index contributed by atoms with van der Waals surface area (Å²) in [5.41, 5.74) is 2.73. The SMILES string of the molecule is C[C@H](c1ccc(Cl)cc1)N1CCC(CNc2ccccc2C(=O)Nc2ccc(Cl)cn2)CC1. The first-order chi connectivity index (χ1) is 16.0. The number of nitrogens with one attached hydrogen (secondary N) is 2. The van der Waals surface area contributed by atoms with Crippen molar-refractivity contribution in [2.75, 3.05) is 30.3 Å². The standard InChI is InChI=1S/C26H28Cl2N4O/c1-18(20-6-8-21(27)9-7-20)32-14-12-19(13-15-32)16-29-24-5-3-2-4-23(24)26(33)31-25-11-10-22(28)17-30-25/h2-11,17-19,29H,12-16H2,1H3,(H,30,31,33)/t18-/m1/s1. The van der Waals surface area contributed by atoms with Crippen molar-refractivity contribution in [3.8, 4) is 0 Å². The van der Waals surface area contributed by atoms with Crippen LogP contribution in [0.5, 0.6) is 0 Å². The number of likely N-dealkylation sites (tertiary alicyclic amines) is 1. The molecule has 4 rings (SSSR count). The number of pyridine rings is 1. The van der Waals surface area contributed by atoms with Crippen molar-refractivity contribution in [2.45, 2.75) is 25.8 Å². The molecule has 7 heteroatoms. The number of hydrogen-bond acceptors (Lipinski definition) is 4. The van der Waals surface area contributed by atoms with E-state index in [-0.39, 0.29) is 5.91 Å². The summed E-state index contributed by atoms with van der Waals surface area (Å²) in [6.07, 6.45) is 3.75. The van der Waals surface area contributed by atoms with Crippen LogP contribution in [0.4, 0.5) is 11.5 Å². The Morgan fingerprint density at radius 3 is 2.42 bits per heavy atom. The maximum Gasteiger partial charge on any atom is 0.258 e. The maximum atomic E-state index is 12.8. The van der Waals surface area contributed by atoms with Gasteiger partial charge in [0.15, 0.2) is 0 Å². The predicted octanol–water partition coefficient (Wildman–Crippen LogP) is 6.53. The number of benzene rings is 2. The highest BCUT2D eigenvalue weighted by atomic mass is 35.5. The van der Waals surface area contributed by atoms with Crippen LogP contribution in [0, 0.1) is 5.92 Å². The van der Waals surface area contributed by atoms with Crippen LogP contribution in [-0.4, -0.2) is 35.4 Å². The second-order valence-electron chi connectivity index (χ2n) is 8.45. The Morgan fingerprint density at radius 1 is 1.03 bits per heavy atom. The third-order valence-electron chi connectivity index (χ3n) is 6.27. The number of carbonyl (C=O) groups is 1. The lowest BCUT2D eigenvalue weighted by Crippen LogP contribution is -2.37. The molecule has 1 saturated heterocycles. The van der Waals surface area contributed by atoms with E-state index in [1.165, 1.54) is 11.8 Å². The zero-order valence-electron chi connectivity index (χ0n) is 18.6. The molecule has 3 aromatic rings. The highest BCUT2D eigenvalue weighted by Crippen LogP contribution is 2.28. The van der Waals surface area contributed by atoms with Gasteiger partial charge >= 0.3 is 0 Å². The lowest BCUT2D eigenvalue weighted by Gasteiger charge is -2.36. The quantitative estimate of drug-likeness (QED) is 0.402. The first-order valence-corrected chi connectivity index (χ1v) is 12.0. The molecular formula is C26H28Cl2N4O. The zero-order chi connectivity index (χ0) is 23.2. The number of para-hydroxylation sites is 1. The van der Waals surface area contributed by atoms with E-state index in [9.17, 15) is 4.79 Å². The molecule has 0 spiro atoms. The van der Waals surface area contributed by atoms with Crippen LogP contribution >= 0.6 is 23.2 Å². The number of rotatable bonds is 7. The molecule has 172 valence electrons. The van der Waals surface area contributed by atoms with Crippen molar-refractivity contribution in [1.29, 1.82) is 0 Å². The Balaban J connectivity index is 1.30. The summed E-state index contributed by atoms with van der Waals surface area (Å²) in [5, 5.41) is 7.65. The van der Waals surface area contributed by atoms with Gasteiger partial charge in [0.25, 0.3) is 5.91 Å². The number of anilines is 2. The third kappa shape index (κ3) is 6.26. The molecule has 2 aromatic carbocycles. The summed E-state index contributed by atoms with van der Waals surface area (Å²) >= 11 is 11.9. The first kappa shape index (κ1) is 23.6. The van der Waals surface area contributed by atoms with Crippen molar-refractivity contribution in [1.82, 2.24) is 9.88 Å². The molecule has 0 bridgehead atoms. The highest BCUT2D eigenvalue weighted by Gasteiger charge is 2.24. The van der Waals surface area contributed by atoms with E-state index in [1.807, 2.05) is 36.4 Å². The molecule has 0 unspecified atom stereocenters. The molecule has 2 N–H and O–H groups in total. The molecule has 0 saturated carbocycles. The minimum Gasteiger partial charge on any atom is -0.384 e. The number of hydrogen-bond donors (Lipinski definition) is 2. The van der Waals surface area contributed by atoms with Crippen molar-refractivity contribution in [2.24, 2.45) is 5.92 Å². The van der Waals surface area contributed by atoms with Crippen LogP contribution in [0.15, 0.2) is 66.9 Å². The van der Waals surface area contributed by atoms with Crippen molar-refractivity contribution < 1.29 is 4.79 Å². The molecule has 2 heterocycles. The molecule has 1 amide bonds. The van der Waals surface area contributed by atoms with Gasteiger partial charge in [0.1, 0.15) is 5.82 Å². The third-order valence-corrected chi connectivity index (χ3v) is 6.75. The van der Waals surface area contributed by atoms with Crippen LogP contribution in [0.25, 0.3) is 0 Å². The summed E-state index contributed by atoms with van der Waals surface area (Å²) in [4.78, 5) is 19.5. The molecular weight excluding hydrogens is 455 g/mol. The van der Waals surface area contributed by atoms with Crippen LogP contribution in [-0.2, 0) is 0 Å². The number of piperidine rings is 1. The first-order valence-electron chi connectivity index (χ1n) is 11.2. The zero-order valence-corrected chi connectivity index (χ0v) is 20.1. The van der Waals surface area contributed by atoms with Crippen molar-refractivity contribution >= 4 is 40.6 Å². The molecule has 0 radical (unpaired) electrons. The summed E-state index contributed by atoms with van der Waals surface area (Å²) in [6, 6.07) is 19.5. The van der Waals surface area contributed by atoms with E-state index in [0.29, 0.717) is 28.4 Å². The van der Waals surface area contributed by atoms with Crippen LogP contribution in [0.3, 0.4) is 0 Å². The lowest BCUT2D eigenvalue weighted by atomic mass is 9.94. The fraction of sp³-hybridized carbons (Fsp3) is 0.308. The average molecular weight is 483 g/mol. The summed E-state index contributed by atoms with van der Waals surface area (Å²) in [5.74, 6) is 0.841. The van der Waals surface area contributed by atoms with Crippen LogP contribution in [0.1, 0.15) is 41.7 Å². The van der Waals surface area contributed by atoms with Crippen molar-refractivity contribution in [3.05, 3.63) is 88.0 Å². The molecule has 1 aliphatic heterocycles. The molecule has 1 atom stereocenters. The van der Waals surface area contributed by atoms with E-state index in [2.05, 4.69) is 39.6 Å². The number of carbonyl (C=O) groups excluding carboxylic acids is 1. The minimum atomic E-state index is -0.195. The van der Waals surface area contributed by atoms with E-state index in [1.54, 1.807) is 12.1 Å². The van der Waals surface area contributed by atoms with Gasteiger partial charge in [0, 0.05) is 29.5 Å². The monoisotopic (exact) mass is 482 g/mol. The number of halogens is 2. The molecule has 0 aliphatic carbocycles. The van der Waals surface area contributed by atoms with Gasteiger partial charge in [-0.15, -0.1) is 0 Å². The Morgan fingerprint density at radius 2 is 1.73 bits per heavy atom. The van der Waals surface area contributed by atoms with Crippen LogP contribution < -0.4 is 10.6 Å². The fourth-order valence-corrected chi connectivity index (χ4v) is 4.46. The predicted molar refractivity (Wildman–Crippen MR) is 136 cm³/mol. The minimum absolute atomic E-state index is 0.195. The Hall–Kier alpha value is -2.60. The highest BCUT2D eigenvalue weighted by molar-refractivity contribution is 6.30. The summed E-state index contributed by atoms with van der Waals surface area (Å²) in [7, 11) is 0. The number of amides is 1. The van der Waals surface area contributed by atoms with Gasteiger partial charge in [-0.2, -0.15) is 0 Å². The second kappa shape index (κ2) is 11.0. The number of aromatic nitrogens is 1. The smallest absolute Gasteiger partial charge is 0.258 e.